The summed E-state index contributed by atoms with van der Waals surface area (Å²) in [6.07, 6.45) is 8.71. The fraction of sp³-hybridized carbons (Fsp3) is 0.400. The molecule has 24 heavy (non-hydrogen) atoms. The highest BCUT2D eigenvalue weighted by Crippen LogP contribution is 2.30. The van der Waals surface area contributed by atoms with Gasteiger partial charge in [-0.2, -0.15) is 0 Å². The molecule has 1 aromatic carbocycles. The van der Waals surface area contributed by atoms with Gasteiger partial charge >= 0.3 is 0 Å². The molecule has 1 saturated carbocycles. The third-order valence-electron chi connectivity index (χ3n) is 4.92. The van der Waals surface area contributed by atoms with Crippen molar-refractivity contribution in [1.82, 2.24) is 9.55 Å². The van der Waals surface area contributed by atoms with E-state index in [9.17, 15) is 4.79 Å². The Bertz CT molecular complexity index is 699. The van der Waals surface area contributed by atoms with Gasteiger partial charge in [0, 0.05) is 20.0 Å². The molecule has 1 aliphatic carbocycles. The van der Waals surface area contributed by atoms with Crippen LogP contribution in [0.1, 0.15) is 47.6 Å². The molecule has 1 heterocycles. The van der Waals surface area contributed by atoms with Gasteiger partial charge in [0.2, 0.25) is 0 Å². The molecule has 4 heteroatoms. The molecule has 0 atom stereocenters. The van der Waals surface area contributed by atoms with Crippen LogP contribution in [0.25, 0.3) is 0 Å². The summed E-state index contributed by atoms with van der Waals surface area (Å²) in [6, 6.07) is 10.2. The highest BCUT2D eigenvalue weighted by molar-refractivity contribution is 5.81. The number of carbonyl (C=O) groups excluding carboxylic acids is 1. The molecular weight excluding hydrogens is 298 g/mol. The van der Waals surface area contributed by atoms with E-state index in [0.717, 1.165) is 18.5 Å². The zero-order chi connectivity index (χ0) is 16.9. The quantitative estimate of drug-likeness (QED) is 0.721. The van der Waals surface area contributed by atoms with Crippen LogP contribution in [0, 0.1) is 5.92 Å². The highest BCUT2D eigenvalue weighted by atomic mass is 16.1. The van der Waals surface area contributed by atoms with E-state index in [2.05, 4.69) is 23.3 Å². The Morgan fingerprint density at radius 1 is 1.29 bits per heavy atom. The molecule has 0 spiro atoms. The Hall–Kier alpha value is -2.36. The zero-order valence-corrected chi connectivity index (χ0v) is 14.3. The predicted octanol–water partition coefficient (Wildman–Crippen LogP) is 4.06. The monoisotopic (exact) mass is 323 g/mol. The van der Waals surface area contributed by atoms with E-state index in [-0.39, 0.29) is 0 Å². The van der Waals surface area contributed by atoms with E-state index in [1.54, 1.807) is 6.20 Å². The number of nitrogens with zero attached hydrogens (tertiary/aromatic N) is 3. The van der Waals surface area contributed by atoms with Crippen LogP contribution >= 0.6 is 0 Å². The third kappa shape index (κ3) is 3.42. The van der Waals surface area contributed by atoms with E-state index >= 15 is 0 Å². The lowest BCUT2D eigenvalue weighted by Crippen LogP contribution is -2.13. The van der Waals surface area contributed by atoms with Crippen LogP contribution in [0.3, 0.4) is 0 Å². The molecular formula is C20H25N3O. The Morgan fingerprint density at radius 2 is 2.00 bits per heavy atom. The summed E-state index contributed by atoms with van der Waals surface area (Å²) in [5, 5.41) is 0. The first-order chi connectivity index (χ1) is 11.7. The van der Waals surface area contributed by atoms with Crippen molar-refractivity contribution in [3.8, 4) is 0 Å². The van der Waals surface area contributed by atoms with Crippen LogP contribution in [-0.4, -0.2) is 22.9 Å². The number of anilines is 1. The first-order valence-electron chi connectivity index (χ1n) is 8.66. The second kappa shape index (κ2) is 7.47. The van der Waals surface area contributed by atoms with E-state index in [4.69, 9.17) is 4.98 Å². The molecule has 0 N–H and O–H groups in total. The van der Waals surface area contributed by atoms with Gasteiger partial charge in [-0.1, -0.05) is 62.6 Å². The lowest BCUT2D eigenvalue weighted by atomic mass is 10.0. The number of carbonyl (C=O) groups is 1. The summed E-state index contributed by atoms with van der Waals surface area (Å²) >= 11 is 0. The number of aldehydes is 1. The predicted molar refractivity (Wildman–Crippen MR) is 97.4 cm³/mol. The largest absolute Gasteiger partial charge is 0.335 e. The summed E-state index contributed by atoms with van der Waals surface area (Å²) in [5.74, 6) is 2.39. The Morgan fingerprint density at radius 3 is 2.62 bits per heavy atom. The van der Waals surface area contributed by atoms with Crippen LogP contribution in [0.15, 0.2) is 43.1 Å². The maximum absolute atomic E-state index is 11.8. The van der Waals surface area contributed by atoms with Crippen LogP contribution in [-0.2, 0) is 13.0 Å². The molecule has 0 saturated heterocycles. The minimum atomic E-state index is 0.634. The summed E-state index contributed by atoms with van der Waals surface area (Å²) in [7, 11) is 1.88. The summed E-state index contributed by atoms with van der Waals surface area (Å²) in [5.41, 5.74) is 1.81. The van der Waals surface area contributed by atoms with Crippen molar-refractivity contribution in [2.75, 3.05) is 11.9 Å². The minimum Gasteiger partial charge on any atom is -0.335 e. The molecule has 3 rings (SSSR count). The summed E-state index contributed by atoms with van der Waals surface area (Å²) < 4.78 is 2.08. The standard InChI is InChI=1S/C20H25N3O/c1-3-22(2)20-18(15-24)23(14-17-11-5-4-6-12-17)19(21-20)13-16-9-7-8-10-16/h3-6,11-12,15-16H,1,7-10,13-14H2,2H3. The molecule has 2 aromatic rings. The first-order valence-corrected chi connectivity index (χ1v) is 8.66. The van der Waals surface area contributed by atoms with Crippen LogP contribution < -0.4 is 4.90 Å². The molecule has 1 aliphatic rings. The van der Waals surface area contributed by atoms with Gasteiger partial charge in [-0.3, -0.25) is 4.79 Å². The SMILES string of the molecule is C=CN(C)c1nc(CC2CCCC2)n(Cc2ccccc2)c1C=O. The Kier molecular flexibility index (Phi) is 5.14. The van der Waals surface area contributed by atoms with Crippen molar-refractivity contribution in [3.05, 3.63) is 60.2 Å². The highest BCUT2D eigenvalue weighted by Gasteiger charge is 2.23. The van der Waals surface area contributed by atoms with E-state index < -0.39 is 0 Å². The maximum atomic E-state index is 11.8. The van der Waals surface area contributed by atoms with Crippen LogP contribution in [0.2, 0.25) is 0 Å². The van der Waals surface area contributed by atoms with Gasteiger partial charge < -0.3 is 9.47 Å². The minimum absolute atomic E-state index is 0.634. The molecule has 0 aliphatic heterocycles. The van der Waals surface area contributed by atoms with Gasteiger partial charge in [0.15, 0.2) is 12.1 Å². The number of hydrogen-bond donors (Lipinski definition) is 0. The van der Waals surface area contributed by atoms with Crippen molar-refractivity contribution in [2.45, 2.75) is 38.6 Å². The molecule has 126 valence electrons. The van der Waals surface area contributed by atoms with Gasteiger partial charge in [0.25, 0.3) is 0 Å². The second-order valence-corrected chi connectivity index (χ2v) is 6.57. The average Bonchev–Trinajstić information content (AvgIpc) is 3.24. The van der Waals surface area contributed by atoms with Crippen molar-refractivity contribution in [1.29, 1.82) is 0 Å². The van der Waals surface area contributed by atoms with Crippen molar-refractivity contribution in [2.24, 2.45) is 5.92 Å². The fourth-order valence-electron chi connectivity index (χ4n) is 3.53. The lowest BCUT2D eigenvalue weighted by Gasteiger charge is -2.13. The van der Waals surface area contributed by atoms with Crippen LogP contribution in [0.4, 0.5) is 5.82 Å². The number of aromatic nitrogens is 2. The fourth-order valence-corrected chi connectivity index (χ4v) is 3.53. The second-order valence-electron chi connectivity index (χ2n) is 6.57. The van der Waals surface area contributed by atoms with Gasteiger partial charge in [0.1, 0.15) is 11.5 Å². The van der Waals surface area contributed by atoms with Gasteiger partial charge in [-0.25, -0.2) is 4.98 Å². The molecule has 1 fully saturated rings. The van der Waals surface area contributed by atoms with Gasteiger partial charge in [-0.15, -0.1) is 0 Å². The smallest absolute Gasteiger partial charge is 0.170 e. The molecule has 0 unspecified atom stereocenters. The third-order valence-corrected chi connectivity index (χ3v) is 4.92. The van der Waals surface area contributed by atoms with E-state index in [1.807, 2.05) is 30.1 Å². The topological polar surface area (TPSA) is 38.1 Å². The summed E-state index contributed by atoms with van der Waals surface area (Å²) in [6.45, 7) is 4.47. The van der Waals surface area contributed by atoms with Gasteiger partial charge in [-0.05, 0) is 17.7 Å². The molecule has 4 nitrogen and oxygen atoms in total. The number of hydrogen-bond acceptors (Lipinski definition) is 3. The maximum Gasteiger partial charge on any atom is 0.170 e. The first kappa shape index (κ1) is 16.5. The van der Waals surface area contributed by atoms with Crippen molar-refractivity contribution >= 4 is 12.1 Å². The number of rotatable bonds is 7. The molecule has 0 radical (unpaired) electrons. The Labute approximate surface area is 143 Å². The Balaban J connectivity index is 1.99. The molecule has 1 aromatic heterocycles. The van der Waals surface area contributed by atoms with E-state index in [0.29, 0.717) is 24.0 Å². The lowest BCUT2D eigenvalue weighted by molar-refractivity contribution is 0.111. The number of imidazole rings is 1. The van der Waals surface area contributed by atoms with Gasteiger partial charge in [0.05, 0.1) is 0 Å². The van der Waals surface area contributed by atoms with Crippen LogP contribution in [0.5, 0.6) is 0 Å². The number of benzene rings is 1. The van der Waals surface area contributed by atoms with E-state index in [1.165, 1.54) is 31.2 Å². The zero-order valence-electron chi connectivity index (χ0n) is 14.3. The molecule has 0 amide bonds. The molecule has 0 bridgehead atoms. The normalized spacial score (nSPS) is 14.7. The van der Waals surface area contributed by atoms with Crippen molar-refractivity contribution in [3.63, 3.8) is 0 Å². The van der Waals surface area contributed by atoms with Crippen molar-refractivity contribution < 1.29 is 4.79 Å². The average molecular weight is 323 g/mol. The summed E-state index contributed by atoms with van der Waals surface area (Å²) in [4.78, 5) is 18.4.